The molecular weight excluding hydrogens is 164 g/mol. The van der Waals surface area contributed by atoms with Crippen LogP contribution in [-0.4, -0.2) is 22.4 Å². The molecule has 2 N–H and O–H groups in total. The molecule has 0 radical (unpaired) electrons. The Bertz CT molecular complexity index is 251. The van der Waals surface area contributed by atoms with Gasteiger partial charge in [-0.1, -0.05) is 13.0 Å². The third-order valence-electron chi connectivity index (χ3n) is 4.04. The maximum absolute atomic E-state index is 10.5. The van der Waals surface area contributed by atoms with Gasteiger partial charge in [-0.15, -0.1) is 0 Å². The maximum atomic E-state index is 10.5. The van der Waals surface area contributed by atoms with Crippen LogP contribution in [0.3, 0.4) is 0 Å². The van der Waals surface area contributed by atoms with Gasteiger partial charge in [-0.25, -0.2) is 0 Å². The molecule has 1 fully saturated rings. The standard InChI is InChI=1S/C11H18O2/c1-8-5-9-6-10(2,7-9)11(8,13)3-4-12/h5,9,12-13H,3-4,6-7H2,1-2H3. The molecule has 13 heavy (non-hydrogen) atoms. The van der Waals surface area contributed by atoms with E-state index in [0.29, 0.717) is 12.3 Å². The lowest BCUT2D eigenvalue weighted by molar-refractivity contribution is -0.130. The number of hydrogen-bond acceptors (Lipinski definition) is 2. The third-order valence-corrected chi connectivity index (χ3v) is 4.04. The topological polar surface area (TPSA) is 40.5 Å². The van der Waals surface area contributed by atoms with Crippen LogP contribution in [0.4, 0.5) is 0 Å². The summed E-state index contributed by atoms with van der Waals surface area (Å²) in [6.07, 6.45) is 4.83. The molecule has 1 unspecified atom stereocenters. The monoisotopic (exact) mass is 182 g/mol. The van der Waals surface area contributed by atoms with Crippen molar-refractivity contribution >= 4 is 0 Å². The van der Waals surface area contributed by atoms with Crippen molar-refractivity contribution in [1.82, 2.24) is 0 Å². The Labute approximate surface area is 79.3 Å². The molecular formula is C11H18O2. The lowest BCUT2D eigenvalue weighted by Crippen LogP contribution is -2.58. The van der Waals surface area contributed by atoms with Gasteiger partial charge >= 0.3 is 0 Å². The van der Waals surface area contributed by atoms with Crippen LogP contribution in [0, 0.1) is 11.3 Å². The Morgan fingerprint density at radius 2 is 2.15 bits per heavy atom. The molecule has 0 aliphatic heterocycles. The lowest BCUT2D eigenvalue weighted by Gasteiger charge is -2.59. The quantitative estimate of drug-likeness (QED) is 0.635. The van der Waals surface area contributed by atoms with Crippen molar-refractivity contribution in [2.45, 2.75) is 38.7 Å². The fourth-order valence-electron chi connectivity index (χ4n) is 3.18. The molecule has 2 heteroatoms. The molecule has 0 aromatic heterocycles. The molecule has 0 heterocycles. The summed E-state index contributed by atoms with van der Waals surface area (Å²) in [6.45, 7) is 4.19. The smallest absolute Gasteiger partial charge is 0.0929 e. The molecule has 0 spiro atoms. The Morgan fingerprint density at radius 1 is 1.54 bits per heavy atom. The fourth-order valence-corrected chi connectivity index (χ4v) is 3.18. The van der Waals surface area contributed by atoms with Crippen molar-refractivity contribution in [1.29, 1.82) is 0 Å². The first kappa shape index (κ1) is 9.22. The van der Waals surface area contributed by atoms with Gasteiger partial charge < -0.3 is 10.2 Å². The van der Waals surface area contributed by atoms with E-state index in [1.165, 1.54) is 0 Å². The van der Waals surface area contributed by atoms with Crippen LogP contribution in [-0.2, 0) is 0 Å². The van der Waals surface area contributed by atoms with Crippen LogP contribution in [0.2, 0.25) is 0 Å². The van der Waals surface area contributed by atoms with Gasteiger partial charge in [0, 0.05) is 18.4 Å². The highest BCUT2D eigenvalue weighted by Crippen LogP contribution is 2.60. The summed E-state index contributed by atoms with van der Waals surface area (Å²) in [6, 6.07) is 0. The highest BCUT2D eigenvalue weighted by Gasteiger charge is 2.57. The third kappa shape index (κ3) is 1.02. The van der Waals surface area contributed by atoms with Crippen molar-refractivity contribution in [2.24, 2.45) is 11.3 Å². The van der Waals surface area contributed by atoms with Crippen LogP contribution in [0.15, 0.2) is 11.6 Å². The van der Waals surface area contributed by atoms with E-state index in [1.807, 2.05) is 6.92 Å². The van der Waals surface area contributed by atoms with Gasteiger partial charge in [-0.05, 0) is 31.3 Å². The number of hydrogen-bond donors (Lipinski definition) is 2. The van der Waals surface area contributed by atoms with Gasteiger partial charge in [0.2, 0.25) is 0 Å². The van der Waals surface area contributed by atoms with Crippen molar-refractivity contribution in [3.05, 3.63) is 11.6 Å². The number of aliphatic hydroxyl groups excluding tert-OH is 1. The van der Waals surface area contributed by atoms with E-state index in [1.54, 1.807) is 0 Å². The van der Waals surface area contributed by atoms with Crippen LogP contribution in [0.25, 0.3) is 0 Å². The molecule has 1 atom stereocenters. The zero-order valence-corrected chi connectivity index (χ0v) is 8.38. The van der Waals surface area contributed by atoms with Crippen molar-refractivity contribution in [2.75, 3.05) is 6.61 Å². The van der Waals surface area contributed by atoms with Crippen molar-refractivity contribution < 1.29 is 10.2 Å². The van der Waals surface area contributed by atoms with E-state index in [-0.39, 0.29) is 12.0 Å². The van der Waals surface area contributed by atoms with Gasteiger partial charge in [-0.2, -0.15) is 0 Å². The Balaban J connectivity index is 2.33. The van der Waals surface area contributed by atoms with E-state index < -0.39 is 5.60 Å². The van der Waals surface area contributed by atoms with Gasteiger partial charge in [-0.3, -0.25) is 0 Å². The zero-order chi connectivity index (χ0) is 9.69. The summed E-state index contributed by atoms with van der Waals surface area (Å²) < 4.78 is 0. The fraction of sp³-hybridized carbons (Fsp3) is 0.818. The maximum Gasteiger partial charge on any atom is 0.0929 e. The molecule has 3 rings (SSSR count). The van der Waals surface area contributed by atoms with Crippen molar-refractivity contribution in [3.8, 4) is 0 Å². The number of aliphatic hydroxyl groups is 2. The predicted molar refractivity (Wildman–Crippen MR) is 51.2 cm³/mol. The molecule has 0 aromatic rings. The van der Waals surface area contributed by atoms with Crippen molar-refractivity contribution in [3.63, 3.8) is 0 Å². The first-order chi connectivity index (χ1) is 6.02. The summed E-state index contributed by atoms with van der Waals surface area (Å²) in [5.41, 5.74) is 0.349. The van der Waals surface area contributed by atoms with Gasteiger partial charge in [0.25, 0.3) is 0 Å². The van der Waals surface area contributed by atoms with Gasteiger partial charge in [0.15, 0.2) is 0 Å². The summed E-state index contributed by atoms with van der Waals surface area (Å²) in [5, 5.41) is 19.4. The second-order valence-corrected chi connectivity index (χ2v) is 4.91. The van der Waals surface area contributed by atoms with E-state index in [2.05, 4.69) is 13.0 Å². The van der Waals surface area contributed by atoms with E-state index >= 15 is 0 Å². The summed E-state index contributed by atoms with van der Waals surface area (Å²) in [5.74, 6) is 0.684. The summed E-state index contributed by atoms with van der Waals surface area (Å²) in [7, 11) is 0. The van der Waals surface area contributed by atoms with E-state index in [0.717, 1.165) is 18.4 Å². The summed E-state index contributed by atoms with van der Waals surface area (Å²) in [4.78, 5) is 0. The van der Waals surface area contributed by atoms with E-state index in [9.17, 15) is 5.11 Å². The largest absolute Gasteiger partial charge is 0.396 e. The molecule has 0 saturated heterocycles. The van der Waals surface area contributed by atoms with Gasteiger partial charge in [0.1, 0.15) is 0 Å². The number of allylic oxidation sites excluding steroid dienone is 1. The molecule has 0 amide bonds. The molecule has 1 saturated carbocycles. The predicted octanol–water partition coefficient (Wildman–Crippen LogP) is 1.48. The minimum absolute atomic E-state index is 0.0270. The Morgan fingerprint density at radius 3 is 2.62 bits per heavy atom. The van der Waals surface area contributed by atoms with Crippen LogP contribution < -0.4 is 0 Å². The SMILES string of the molecule is CC1=CC2CC(C)(C2)C1(O)CCO. The van der Waals surface area contributed by atoms with E-state index in [4.69, 9.17) is 5.11 Å². The van der Waals surface area contributed by atoms with Crippen LogP contribution >= 0.6 is 0 Å². The average Bonchev–Trinajstić information content (AvgIpc) is 1.98. The molecule has 3 aliphatic carbocycles. The normalized spacial score (nSPS) is 48.3. The number of rotatable bonds is 2. The van der Waals surface area contributed by atoms with Crippen LogP contribution in [0.1, 0.15) is 33.1 Å². The first-order valence-corrected chi connectivity index (χ1v) is 5.04. The second kappa shape index (κ2) is 2.58. The molecule has 74 valence electrons. The highest BCUT2D eigenvalue weighted by molar-refractivity contribution is 5.30. The molecule has 2 bridgehead atoms. The second-order valence-electron chi connectivity index (χ2n) is 4.91. The minimum Gasteiger partial charge on any atom is -0.396 e. The Hall–Kier alpha value is -0.340. The molecule has 2 nitrogen and oxygen atoms in total. The Kier molecular flexibility index (Phi) is 1.83. The molecule has 3 aliphatic rings. The van der Waals surface area contributed by atoms with Gasteiger partial charge in [0.05, 0.1) is 5.60 Å². The van der Waals surface area contributed by atoms with Crippen LogP contribution in [0.5, 0.6) is 0 Å². The average molecular weight is 182 g/mol. The first-order valence-electron chi connectivity index (χ1n) is 5.04. The zero-order valence-electron chi connectivity index (χ0n) is 8.38. The lowest BCUT2D eigenvalue weighted by atomic mass is 9.48. The summed E-state index contributed by atoms with van der Waals surface area (Å²) >= 11 is 0. The minimum atomic E-state index is -0.740. The highest BCUT2D eigenvalue weighted by atomic mass is 16.3. The number of fused-ring (bicyclic) bond motifs is 1. The molecule has 0 aromatic carbocycles.